The predicted octanol–water partition coefficient (Wildman–Crippen LogP) is 10.6. The molecule has 0 aliphatic carbocycles. The Morgan fingerprint density at radius 3 is 1.57 bits per heavy atom. The molecule has 0 unspecified atom stereocenters. The van der Waals surface area contributed by atoms with E-state index in [-0.39, 0.29) is 0 Å². The molecule has 0 N–H and O–H groups in total. The molecule has 0 aliphatic rings. The van der Waals surface area contributed by atoms with Crippen molar-refractivity contribution >= 4 is 21.8 Å². The minimum atomic E-state index is 0.642. The number of hydrogen-bond donors (Lipinski definition) is 0. The molecule has 0 saturated heterocycles. The Balaban J connectivity index is 1.55. The van der Waals surface area contributed by atoms with Gasteiger partial charge in [-0.3, -0.25) is 4.98 Å². The van der Waals surface area contributed by atoms with Gasteiger partial charge < -0.3 is 4.57 Å². The summed E-state index contributed by atoms with van der Waals surface area (Å²) in [4.78, 5) is 4.18. The first-order chi connectivity index (χ1) is 21.3. The Labute approximate surface area is 258 Å². The molecule has 0 fully saturated rings. The Kier molecular flexibility index (Phi) is 6.64. The van der Waals surface area contributed by atoms with E-state index in [1.165, 1.54) is 55.3 Å². The summed E-state index contributed by atoms with van der Waals surface area (Å²) in [5.41, 5.74) is 16.8. The average Bonchev–Trinajstić information content (AvgIpc) is 3.34. The van der Waals surface area contributed by atoms with E-state index >= 15 is 0 Å². The molecule has 7 rings (SSSR count). The van der Waals surface area contributed by atoms with Crippen LogP contribution in [-0.4, -0.2) is 9.55 Å². The van der Waals surface area contributed by atoms with E-state index in [9.17, 15) is 5.26 Å². The van der Waals surface area contributed by atoms with E-state index in [4.69, 9.17) is 0 Å². The van der Waals surface area contributed by atoms with Crippen LogP contribution in [0.4, 0.5) is 0 Å². The summed E-state index contributed by atoms with van der Waals surface area (Å²) in [7, 11) is 0. The molecule has 212 valence electrons. The fourth-order valence-corrected chi connectivity index (χ4v) is 6.69. The zero-order valence-electron chi connectivity index (χ0n) is 25.7. The number of nitriles is 1. The highest BCUT2D eigenvalue weighted by molar-refractivity contribution is 6.11. The van der Waals surface area contributed by atoms with Gasteiger partial charge in [-0.2, -0.15) is 5.26 Å². The summed E-state index contributed by atoms with van der Waals surface area (Å²) in [5, 5.41) is 12.7. The fraction of sp³-hybridized carbons (Fsp3) is 0.122. The van der Waals surface area contributed by atoms with E-state index in [0.717, 1.165) is 33.4 Å². The van der Waals surface area contributed by atoms with Crippen molar-refractivity contribution in [3.05, 3.63) is 143 Å². The minimum absolute atomic E-state index is 0.642. The second-order valence-electron chi connectivity index (χ2n) is 12.0. The number of rotatable bonds is 4. The number of pyridine rings is 1. The quantitative estimate of drug-likeness (QED) is 0.212. The normalized spacial score (nSPS) is 11.3. The van der Waals surface area contributed by atoms with E-state index in [1.54, 1.807) is 12.4 Å². The van der Waals surface area contributed by atoms with E-state index in [1.807, 2.05) is 12.1 Å². The van der Waals surface area contributed by atoms with Crippen molar-refractivity contribution in [1.29, 1.82) is 5.26 Å². The number of nitrogens with zero attached hydrogens (tertiary/aromatic N) is 3. The maximum atomic E-state index is 10.3. The van der Waals surface area contributed by atoms with Gasteiger partial charge in [0, 0.05) is 23.2 Å². The van der Waals surface area contributed by atoms with Crippen molar-refractivity contribution in [1.82, 2.24) is 9.55 Å². The second kappa shape index (κ2) is 10.7. The lowest BCUT2D eigenvalue weighted by Crippen LogP contribution is -2.00. The van der Waals surface area contributed by atoms with Crippen LogP contribution in [0, 0.1) is 45.9 Å². The second-order valence-corrected chi connectivity index (χ2v) is 12.0. The predicted molar refractivity (Wildman–Crippen MR) is 183 cm³/mol. The lowest BCUT2D eigenvalue weighted by molar-refractivity contribution is 1.15. The Morgan fingerprint density at radius 2 is 1.07 bits per heavy atom. The number of aryl methyl sites for hydroxylation is 5. The molecule has 0 atom stereocenters. The Bertz CT molecular complexity index is 2170. The first-order valence-corrected chi connectivity index (χ1v) is 15.0. The van der Waals surface area contributed by atoms with Gasteiger partial charge in [0.2, 0.25) is 0 Å². The maximum Gasteiger partial charge on any atom is 0.0998 e. The Morgan fingerprint density at radius 1 is 0.523 bits per heavy atom. The molecule has 2 heterocycles. The monoisotopic (exact) mass is 567 g/mol. The zero-order chi connectivity index (χ0) is 30.5. The van der Waals surface area contributed by atoms with E-state index < -0.39 is 0 Å². The van der Waals surface area contributed by atoms with Crippen LogP contribution in [0.5, 0.6) is 0 Å². The van der Waals surface area contributed by atoms with Gasteiger partial charge in [-0.25, -0.2) is 0 Å². The SMILES string of the molecule is Cc1ccc(-c2ccc3c4ccc(-c5ccc(C)cc5C)cc4n(-c4cc(C#N)c(-c5ccncc5)cc4C)c3c2)c(C)c1. The third-order valence-electron chi connectivity index (χ3n) is 8.84. The highest BCUT2D eigenvalue weighted by Gasteiger charge is 2.19. The number of fused-ring (bicyclic) bond motifs is 3. The summed E-state index contributed by atoms with van der Waals surface area (Å²) in [6.45, 7) is 10.8. The van der Waals surface area contributed by atoms with Crippen LogP contribution in [-0.2, 0) is 0 Å². The average molecular weight is 568 g/mol. The maximum absolute atomic E-state index is 10.3. The standard InChI is InChI=1S/C41H33N3/c1-25-6-10-34(27(3)18-25)31-8-12-36-37-13-9-32(35-11-7-26(2)19-28(35)4)22-41(37)44(40(36)21-31)39-23-33(24-42)38(20-29(39)5)30-14-16-43-17-15-30/h6-23H,1-5H3. The molecule has 3 heteroatoms. The van der Waals surface area contributed by atoms with Crippen molar-refractivity contribution < 1.29 is 0 Å². The van der Waals surface area contributed by atoms with E-state index in [0.29, 0.717) is 5.56 Å². The molecule has 2 aromatic heterocycles. The minimum Gasteiger partial charge on any atom is -0.309 e. The Hall–Kier alpha value is -5.46. The number of aromatic nitrogens is 2. The number of hydrogen-bond acceptors (Lipinski definition) is 2. The van der Waals surface area contributed by atoms with Crippen LogP contribution in [0.3, 0.4) is 0 Å². The van der Waals surface area contributed by atoms with Crippen LogP contribution in [0.1, 0.15) is 33.4 Å². The molecule has 0 aliphatic heterocycles. The third kappa shape index (κ3) is 4.57. The topological polar surface area (TPSA) is 41.6 Å². The molecule has 0 saturated carbocycles. The van der Waals surface area contributed by atoms with Gasteiger partial charge in [-0.05, 0) is 121 Å². The van der Waals surface area contributed by atoms with E-state index in [2.05, 4.69) is 135 Å². The van der Waals surface area contributed by atoms with Gasteiger partial charge in [0.25, 0.3) is 0 Å². The van der Waals surface area contributed by atoms with Gasteiger partial charge in [-0.1, -0.05) is 71.8 Å². The molecule has 0 radical (unpaired) electrons. The molecular formula is C41H33N3. The van der Waals surface area contributed by atoms with Crippen molar-refractivity contribution in [2.24, 2.45) is 0 Å². The van der Waals surface area contributed by atoms with Gasteiger partial charge in [-0.15, -0.1) is 0 Å². The van der Waals surface area contributed by atoms with Crippen LogP contribution in [0.2, 0.25) is 0 Å². The van der Waals surface area contributed by atoms with Crippen LogP contribution >= 0.6 is 0 Å². The number of benzene rings is 5. The summed E-state index contributed by atoms with van der Waals surface area (Å²) in [5.74, 6) is 0. The van der Waals surface area contributed by atoms with Gasteiger partial charge >= 0.3 is 0 Å². The molecule has 0 spiro atoms. The molecule has 7 aromatic rings. The summed E-state index contributed by atoms with van der Waals surface area (Å²) >= 11 is 0. The lowest BCUT2D eigenvalue weighted by atomic mass is 9.96. The van der Waals surface area contributed by atoms with Crippen LogP contribution in [0.15, 0.2) is 109 Å². The van der Waals surface area contributed by atoms with Crippen molar-refractivity contribution in [3.8, 4) is 45.1 Å². The molecular weight excluding hydrogens is 534 g/mol. The molecule has 0 amide bonds. The van der Waals surface area contributed by atoms with Crippen LogP contribution in [0.25, 0.3) is 60.9 Å². The van der Waals surface area contributed by atoms with Crippen molar-refractivity contribution in [3.63, 3.8) is 0 Å². The highest BCUT2D eigenvalue weighted by Crippen LogP contribution is 2.40. The first-order valence-electron chi connectivity index (χ1n) is 15.0. The van der Waals surface area contributed by atoms with Gasteiger partial charge in [0.1, 0.15) is 0 Å². The summed E-state index contributed by atoms with van der Waals surface area (Å²) < 4.78 is 2.36. The fourth-order valence-electron chi connectivity index (χ4n) is 6.69. The van der Waals surface area contributed by atoms with Crippen molar-refractivity contribution in [2.45, 2.75) is 34.6 Å². The smallest absolute Gasteiger partial charge is 0.0998 e. The third-order valence-corrected chi connectivity index (χ3v) is 8.84. The molecule has 3 nitrogen and oxygen atoms in total. The first kappa shape index (κ1) is 27.4. The van der Waals surface area contributed by atoms with Crippen molar-refractivity contribution in [2.75, 3.05) is 0 Å². The van der Waals surface area contributed by atoms with Crippen LogP contribution < -0.4 is 0 Å². The molecule has 0 bridgehead atoms. The largest absolute Gasteiger partial charge is 0.309 e. The molecule has 5 aromatic carbocycles. The van der Waals surface area contributed by atoms with Gasteiger partial charge in [0.05, 0.1) is 28.4 Å². The molecule has 44 heavy (non-hydrogen) atoms. The zero-order valence-corrected chi connectivity index (χ0v) is 25.7. The lowest BCUT2D eigenvalue weighted by Gasteiger charge is -2.16. The summed E-state index contributed by atoms with van der Waals surface area (Å²) in [6, 6.07) is 37.5. The summed E-state index contributed by atoms with van der Waals surface area (Å²) in [6.07, 6.45) is 3.55. The highest BCUT2D eigenvalue weighted by atomic mass is 15.0. The van der Waals surface area contributed by atoms with Gasteiger partial charge in [0.15, 0.2) is 0 Å².